The van der Waals surface area contributed by atoms with Gasteiger partial charge in [0.15, 0.2) is 0 Å². The molecule has 0 aliphatic heterocycles. The van der Waals surface area contributed by atoms with Gasteiger partial charge in [0.05, 0.1) is 5.02 Å². The Kier molecular flexibility index (Phi) is 4.83. The van der Waals surface area contributed by atoms with Gasteiger partial charge in [-0.15, -0.1) is 0 Å². The molecule has 2 N–H and O–H groups in total. The van der Waals surface area contributed by atoms with Gasteiger partial charge in [0.25, 0.3) is 5.91 Å². The van der Waals surface area contributed by atoms with E-state index in [1.54, 1.807) is 23.9 Å². The molecule has 4 nitrogen and oxygen atoms in total. The first-order valence-corrected chi connectivity index (χ1v) is 5.69. The summed E-state index contributed by atoms with van der Waals surface area (Å²) in [5, 5.41) is 12.2. The van der Waals surface area contributed by atoms with Crippen LogP contribution in [0.3, 0.4) is 0 Å². The molecule has 0 aliphatic carbocycles. The molecule has 1 rings (SSSR count). The van der Waals surface area contributed by atoms with Gasteiger partial charge < -0.3 is 15.0 Å². The number of aryl methyl sites for hydroxylation is 1. The Morgan fingerprint density at radius 1 is 1.69 bits per heavy atom. The third-order valence-electron chi connectivity index (χ3n) is 2.51. The van der Waals surface area contributed by atoms with Crippen LogP contribution in [0.4, 0.5) is 0 Å². The molecule has 1 aromatic heterocycles. The quantitative estimate of drug-likeness (QED) is 0.826. The van der Waals surface area contributed by atoms with Crippen LogP contribution in [0.15, 0.2) is 12.3 Å². The Hall–Kier alpha value is -1.00. The summed E-state index contributed by atoms with van der Waals surface area (Å²) < 4.78 is 1.68. The first-order valence-electron chi connectivity index (χ1n) is 5.32. The molecule has 0 fully saturated rings. The Bertz CT molecular complexity index is 363. The van der Waals surface area contributed by atoms with E-state index in [0.717, 1.165) is 6.42 Å². The molecular formula is C11H17ClN2O2. The number of nitrogens with one attached hydrogen (secondary N) is 1. The molecular weight excluding hydrogens is 228 g/mol. The van der Waals surface area contributed by atoms with Crippen molar-refractivity contribution in [1.29, 1.82) is 0 Å². The summed E-state index contributed by atoms with van der Waals surface area (Å²) in [7, 11) is 1.77. The van der Waals surface area contributed by atoms with E-state index in [9.17, 15) is 4.79 Å². The Morgan fingerprint density at radius 2 is 2.38 bits per heavy atom. The minimum absolute atomic E-state index is 0.00572. The number of carbonyl (C=O) groups is 1. The Morgan fingerprint density at radius 3 is 2.81 bits per heavy atom. The van der Waals surface area contributed by atoms with E-state index in [-0.39, 0.29) is 18.6 Å². The number of aliphatic hydroxyl groups is 1. The predicted molar refractivity (Wildman–Crippen MR) is 63.7 cm³/mol. The van der Waals surface area contributed by atoms with E-state index < -0.39 is 0 Å². The van der Waals surface area contributed by atoms with Crippen LogP contribution in [-0.4, -0.2) is 28.2 Å². The van der Waals surface area contributed by atoms with Gasteiger partial charge in [-0.1, -0.05) is 18.5 Å². The summed E-state index contributed by atoms with van der Waals surface area (Å²) in [6.07, 6.45) is 3.05. The zero-order chi connectivity index (χ0) is 12.1. The third-order valence-corrected chi connectivity index (χ3v) is 2.72. The highest BCUT2D eigenvalue weighted by Crippen LogP contribution is 2.13. The normalized spacial score (nSPS) is 12.5. The number of hydrogen-bond acceptors (Lipinski definition) is 2. The van der Waals surface area contributed by atoms with E-state index >= 15 is 0 Å². The van der Waals surface area contributed by atoms with Gasteiger partial charge in [-0.25, -0.2) is 0 Å². The molecule has 0 bridgehead atoms. The summed E-state index contributed by atoms with van der Waals surface area (Å²) in [6, 6.07) is 1.63. The van der Waals surface area contributed by atoms with Crippen LogP contribution < -0.4 is 5.32 Å². The monoisotopic (exact) mass is 244 g/mol. The summed E-state index contributed by atoms with van der Waals surface area (Å²) in [6.45, 7) is 2.05. The summed E-state index contributed by atoms with van der Waals surface area (Å²) in [5.41, 5.74) is 0.529. The van der Waals surface area contributed by atoms with E-state index in [0.29, 0.717) is 17.1 Å². The lowest BCUT2D eigenvalue weighted by atomic mass is 10.1. The number of halogens is 1. The Balaban J connectivity index is 2.67. The molecule has 0 radical (unpaired) electrons. The minimum Gasteiger partial charge on any atom is -0.396 e. The van der Waals surface area contributed by atoms with Crippen molar-refractivity contribution in [1.82, 2.24) is 9.88 Å². The van der Waals surface area contributed by atoms with Crippen LogP contribution in [0.5, 0.6) is 0 Å². The van der Waals surface area contributed by atoms with Crippen LogP contribution in [0.2, 0.25) is 5.02 Å². The van der Waals surface area contributed by atoms with Gasteiger partial charge in [0.2, 0.25) is 0 Å². The highest BCUT2D eigenvalue weighted by atomic mass is 35.5. The average Bonchev–Trinajstić information content (AvgIpc) is 2.57. The molecule has 0 aliphatic rings. The molecule has 90 valence electrons. The fraction of sp³-hybridized carbons (Fsp3) is 0.545. The number of amides is 1. The van der Waals surface area contributed by atoms with E-state index in [2.05, 4.69) is 5.32 Å². The molecule has 1 amide bonds. The van der Waals surface area contributed by atoms with Crippen LogP contribution >= 0.6 is 11.6 Å². The number of nitrogens with zero attached hydrogens (tertiary/aromatic N) is 1. The molecule has 0 saturated heterocycles. The lowest BCUT2D eigenvalue weighted by Gasteiger charge is -2.15. The number of aromatic nitrogens is 1. The van der Waals surface area contributed by atoms with Crippen molar-refractivity contribution in [3.63, 3.8) is 0 Å². The molecule has 1 atom stereocenters. The van der Waals surface area contributed by atoms with Crippen LogP contribution in [0.1, 0.15) is 30.3 Å². The highest BCUT2D eigenvalue weighted by molar-refractivity contribution is 6.31. The smallest absolute Gasteiger partial charge is 0.268 e. The van der Waals surface area contributed by atoms with Crippen molar-refractivity contribution in [2.45, 2.75) is 25.8 Å². The van der Waals surface area contributed by atoms with Gasteiger partial charge >= 0.3 is 0 Å². The molecule has 0 saturated carbocycles. The largest absolute Gasteiger partial charge is 0.396 e. The predicted octanol–water partition coefficient (Wildman–Crippen LogP) is 1.57. The molecule has 1 heterocycles. The summed E-state index contributed by atoms with van der Waals surface area (Å²) in [4.78, 5) is 11.9. The molecule has 1 aromatic rings. The minimum atomic E-state index is -0.158. The second kappa shape index (κ2) is 5.92. The van der Waals surface area contributed by atoms with Crippen molar-refractivity contribution >= 4 is 17.5 Å². The van der Waals surface area contributed by atoms with E-state index in [1.165, 1.54) is 0 Å². The van der Waals surface area contributed by atoms with Gasteiger partial charge in [-0.05, 0) is 18.9 Å². The first-order chi connectivity index (χ1) is 7.58. The Labute approximate surface area is 100 Å². The second-order valence-electron chi connectivity index (χ2n) is 3.75. The third kappa shape index (κ3) is 3.25. The van der Waals surface area contributed by atoms with Gasteiger partial charge in [0, 0.05) is 25.9 Å². The molecule has 0 spiro atoms. The maximum absolute atomic E-state index is 11.9. The lowest BCUT2D eigenvalue weighted by molar-refractivity contribution is 0.0921. The zero-order valence-corrected chi connectivity index (χ0v) is 10.3. The lowest BCUT2D eigenvalue weighted by Crippen LogP contribution is -2.35. The average molecular weight is 245 g/mol. The standard InChI is InChI=1S/C11H17ClN2O2/c1-3-9(4-5-15)13-11(16)10-6-8(12)7-14(10)2/h6-7,9,15H,3-5H2,1-2H3,(H,13,16). The van der Waals surface area contributed by atoms with Crippen molar-refractivity contribution in [3.05, 3.63) is 23.0 Å². The summed E-state index contributed by atoms with van der Waals surface area (Å²) >= 11 is 5.80. The topological polar surface area (TPSA) is 54.3 Å². The second-order valence-corrected chi connectivity index (χ2v) is 4.18. The maximum Gasteiger partial charge on any atom is 0.268 e. The van der Waals surface area contributed by atoms with Crippen molar-refractivity contribution in [2.24, 2.45) is 7.05 Å². The number of carbonyl (C=O) groups excluding carboxylic acids is 1. The van der Waals surface area contributed by atoms with Crippen LogP contribution in [0, 0.1) is 0 Å². The van der Waals surface area contributed by atoms with Crippen molar-refractivity contribution in [2.75, 3.05) is 6.61 Å². The SMILES string of the molecule is CCC(CCO)NC(=O)c1cc(Cl)cn1C. The highest BCUT2D eigenvalue weighted by Gasteiger charge is 2.14. The molecule has 0 aromatic carbocycles. The number of rotatable bonds is 5. The van der Waals surface area contributed by atoms with Gasteiger partial charge in [0.1, 0.15) is 5.69 Å². The van der Waals surface area contributed by atoms with Crippen molar-refractivity contribution < 1.29 is 9.90 Å². The first kappa shape index (κ1) is 13.1. The molecule has 1 unspecified atom stereocenters. The number of hydrogen-bond donors (Lipinski definition) is 2. The van der Waals surface area contributed by atoms with E-state index in [1.807, 2.05) is 6.92 Å². The fourth-order valence-corrected chi connectivity index (χ4v) is 1.79. The van der Waals surface area contributed by atoms with E-state index in [4.69, 9.17) is 16.7 Å². The molecule has 16 heavy (non-hydrogen) atoms. The maximum atomic E-state index is 11.9. The van der Waals surface area contributed by atoms with Gasteiger partial charge in [-0.3, -0.25) is 4.79 Å². The fourth-order valence-electron chi connectivity index (χ4n) is 1.54. The van der Waals surface area contributed by atoms with Crippen LogP contribution in [-0.2, 0) is 7.05 Å². The molecule has 5 heteroatoms. The van der Waals surface area contributed by atoms with Gasteiger partial charge in [-0.2, -0.15) is 0 Å². The zero-order valence-electron chi connectivity index (χ0n) is 9.53. The number of aliphatic hydroxyl groups excluding tert-OH is 1. The van der Waals surface area contributed by atoms with Crippen molar-refractivity contribution in [3.8, 4) is 0 Å². The summed E-state index contributed by atoms with van der Waals surface area (Å²) in [5.74, 6) is -0.158. The van der Waals surface area contributed by atoms with Crippen LogP contribution in [0.25, 0.3) is 0 Å².